The molecule has 0 fully saturated rings. The molecule has 13 heavy (non-hydrogen) atoms. The molecule has 1 heterocycles. The van der Waals surface area contributed by atoms with Gasteiger partial charge in [0.2, 0.25) is 0 Å². The Hall–Kier alpha value is -0.540. The lowest BCUT2D eigenvalue weighted by atomic mass is 10.4. The minimum absolute atomic E-state index is 0. The first-order chi connectivity index (χ1) is 5.74. The Morgan fingerprint density at radius 3 is 2.62 bits per heavy atom. The Morgan fingerprint density at radius 2 is 2.15 bits per heavy atom. The lowest BCUT2D eigenvalue weighted by Crippen LogP contribution is -2.12. The van der Waals surface area contributed by atoms with E-state index in [-0.39, 0.29) is 12.4 Å². The van der Waals surface area contributed by atoms with Crippen LogP contribution in [0.3, 0.4) is 0 Å². The fourth-order valence-corrected chi connectivity index (χ4v) is 1.31. The molecular formula is C9H18ClN3. The average molecular weight is 204 g/mol. The summed E-state index contributed by atoms with van der Waals surface area (Å²) in [6, 6.07) is 2.11. The number of halogens is 1. The zero-order valence-corrected chi connectivity index (χ0v) is 9.32. The first-order valence-electron chi connectivity index (χ1n) is 4.39. The van der Waals surface area contributed by atoms with Crippen LogP contribution >= 0.6 is 12.4 Å². The molecule has 0 radical (unpaired) electrons. The summed E-state index contributed by atoms with van der Waals surface area (Å²) in [4.78, 5) is 0. The van der Waals surface area contributed by atoms with E-state index in [0.717, 1.165) is 25.2 Å². The van der Waals surface area contributed by atoms with Crippen LogP contribution in [0.1, 0.15) is 17.8 Å². The highest BCUT2D eigenvalue weighted by Gasteiger charge is 1.98. The van der Waals surface area contributed by atoms with Gasteiger partial charge in [0.05, 0.1) is 5.69 Å². The van der Waals surface area contributed by atoms with E-state index >= 15 is 0 Å². The van der Waals surface area contributed by atoms with Gasteiger partial charge in [0.25, 0.3) is 0 Å². The molecule has 0 amide bonds. The van der Waals surface area contributed by atoms with Crippen molar-refractivity contribution < 1.29 is 0 Å². The van der Waals surface area contributed by atoms with Crippen molar-refractivity contribution >= 4 is 12.4 Å². The monoisotopic (exact) mass is 203 g/mol. The van der Waals surface area contributed by atoms with Crippen molar-refractivity contribution in [1.82, 2.24) is 15.1 Å². The molecule has 4 heteroatoms. The quantitative estimate of drug-likeness (QED) is 0.753. The second-order valence-corrected chi connectivity index (χ2v) is 3.11. The van der Waals surface area contributed by atoms with Crippen molar-refractivity contribution in [3.8, 4) is 0 Å². The summed E-state index contributed by atoms with van der Waals surface area (Å²) in [5.74, 6) is 0. The maximum absolute atomic E-state index is 4.37. The van der Waals surface area contributed by atoms with Crippen LogP contribution in [-0.4, -0.2) is 23.4 Å². The van der Waals surface area contributed by atoms with Crippen LogP contribution in [0.2, 0.25) is 0 Å². The number of nitrogens with zero attached hydrogens (tertiary/aromatic N) is 2. The summed E-state index contributed by atoms with van der Waals surface area (Å²) < 4.78 is 2.06. The van der Waals surface area contributed by atoms with Crippen molar-refractivity contribution in [2.24, 2.45) is 0 Å². The number of hydrogen-bond acceptors (Lipinski definition) is 2. The smallest absolute Gasteiger partial charge is 0.0596 e. The molecule has 0 aliphatic heterocycles. The van der Waals surface area contributed by atoms with Gasteiger partial charge in [-0.25, -0.2) is 0 Å². The maximum Gasteiger partial charge on any atom is 0.0596 e. The van der Waals surface area contributed by atoms with E-state index in [0.29, 0.717) is 0 Å². The molecule has 1 aromatic heterocycles. The predicted molar refractivity (Wildman–Crippen MR) is 57.5 cm³/mol. The molecule has 0 bridgehead atoms. The van der Waals surface area contributed by atoms with Crippen LogP contribution in [-0.2, 0) is 6.54 Å². The number of aryl methyl sites for hydroxylation is 3. The second-order valence-electron chi connectivity index (χ2n) is 3.11. The first kappa shape index (κ1) is 12.5. The van der Waals surface area contributed by atoms with E-state index in [1.807, 2.05) is 14.0 Å². The SMILES string of the molecule is CNCCCn1nc(C)cc1C.Cl. The molecule has 1 N–H and O–H groups in total. The fourth-order valence-electron chi connectivity index (χ4n) is 1.31. The van der Waals surface area contributed by atoms with Crippen LogP contribution in [0, 0.1) is 13.8 Å². The van der Waals surface area contributed by atoms with E-state index < -0.39 is 0 Å². The number of rotatable bonds is 4. The van der Waals surface area contributed by atoms with Crippen LogP contribution in [0.5, 0.6) is 0 Å². The van der Waals surface area contributed by atoms with Crippen molar-refractivity contribution in [1.29, 1.82) is 0 Å². The highest BCUT2D eigenvalue weighted by atomic mass is 35.5. The minimum atomic E-state index is 0. The standard InChI is InChI=1S/C9H17N3.ClH/c1-8-7-9(2)12(11-8)6-4-5-10-3;/h7,10H,4-6H2,1-3H3;1H. The van der Waals surface area contributed by atoms with Crippen LogP contribution in [0.25, 0.3) is 0 Å². The highest BCUT2D eigenvalue weighted by Crippen LogP contribution is 2.01. The lowest BCUT2D eigenvalue weighted by molar-refractivity contribution is 0.548. The van der Waals surface area contributed by atoms with Gasteiger partial charge < -0.3 is 5.32 Å². The molecule has 0 unspecified atom stereocenters. The molecule has 3 nitrogen and oxygen atoms in total. The van der Waals surface area contributed by atoms with Crippen LogP contribution in [0.15, 0.2) is 6.07 Å². The Bertz CT molecular complexity index is 245. The molecule has 0 saturated heterocycles. The molecule has 0 atom stereocenters. The van der Waals surface area contributed by atoms with Gasteiger partial charge in [-0.3, -0.25) is 4.68 Å². The third kappa shape index (κ3) is 3.79. The molecule has 1 aromatic rings. The second kappa shape index (κ2) is 6.00. The normalized spacial score (nSPS) is 9.77. The largest absolute Gasteiger partial charge is 0.320 e. The van der Waals surface area contributed by atoms with E-state index in [4.69, 9.17) is 0 Å². The third-order valence-electron chi connectivity index (χ3n) is 1.90. The van der Waals surface area contributed by atoms with Gasteiger partial charge in [-0.2, -0.15) is 5.10 Å². The molecule has 0 saturated carbocycles. The molecular weight excluding hydrogens is 186 g/mol. The van der Waals surface area contributed by atoms with Crippen molar-refractivity contribution in [2.45, 2.75) is 26.8 Å². The van der Waals surface area contributed by atoms with Gasteiger partial charge in [0.1, 0.15) is 0 Å². The Morgan fingerprint density at radius 1 is 1.46 bits per heavy atom. The van der Waals surface area contributed by atoms with Gasteiger partial charge in [0, 0.05) is 12.2 Å². The average Bonchev–Trinajstić information content (AvgIpc) is 2.31. The predicted octanol–water partition coefficient (Wildman–Crippen LogP) is 1.53. The van der Waals surface area contributed by atoms with E-state index in [2.05, 4.69) is 28.1 Å². The minimum Gasteiger partial charge on any atom is -0.320 e. The molecule has 0 spiro atoms. The van der Waals surface area contributed by atoms with Crippen LogP contribution < -0.4 is 5.32 Å². The van der Waals surface area contributed by atoms with Gasteiger partial charge in [-0.15, -0.1) is 12.4 Å². The molecule has 0 aromatic carbocycles. The van der Waals surface area contributed by atoms with E-state index in [9.17, 15) is 0 Å². The molecule has 0 aliphatic rings. The summed E-state index contributed by atoms with van der Waals surface area (Å²) in [5, 5.41) is 7.49. The Kier molecular flexibility index (Phi) is 5.75. The topological polar surface area (TPSA) is 29.9 Å². The van der Waals surface area contributed by atoms with Crippen molar-refractivity contribution in [2.75, 3.05) is 13.6 Å². The zero-order chi connectivity index (χ0) is 8.97. The van der Waals surface area contributed by atoms with E-state index in [1.165, 1.54) is 5.69 Å². The van der Waals surface area contributed by atoms with Gasteiger partial charge >= 0.3 is 0 Å². The summed E-state index contributed by atoms with van der Waals surface area (Å²) >= 11 is 0. The van der Waals surface area contributed by atoms with Crippen molar-refractivity contribution in [3.63, 3.8) is 0 Å². The number of hydrogen-bond donors (Lipinski definition) is 1. The Labute approximate surface area is 85.9 Å². The third-order valence-corrected chi connectivity index (χ3v) is 1.90. The number of aromatic nitrogens is 2. The van der Waals surface area contributed by atoms with Crippen molar-refractivity contribution in [3.05, 3.63) is 17.5 Å². The molecule has 1 rings (SSSR count). The number of nitrogens with one attached hydrogen (secondary N) is 1. The maximum atomic E-state index is 4.37. The van der Waals surface area contributed by atoms with Gasteiger partial charge in [-0.05, 0) is 39.9 Å². The summed E-state index contributed by atoms with van der Waals surface area (Å²) in [6.07, 6.45) is 1.14. The first-order valence-corrected chi connectivity index (χ1v) is 4.39. The van der Waals surface area contributed by atoms with Gasteiger partial charge in [-0.1, -0.05) is 0 Å². The van der Waals surface area contributed by atoms with Crippen LogP contribution in [0.4, 0.5) is 0 Å². The summed E-state index contributed by atoms with van der Waals surface area (Å²) in [6.45, 7) is 6.19. The Balaban J connectivity index is 0.00000144. The van der Waals surface area contributed by atoms with E-state index in [1.54, 1.807) is 0 Å². The highest BCUT2D eigenvalue weighted by molar-refractivity contribution is 5.85. The molecule has 76 valence electrons. The summed E-state index contributed by atoms with van der Waals surface area (Å²) in [5.41, 5.74) is 2.36. The zero-order valence-electron chi connectivity index (χ0n) is 8.50. The van der Waals surface area contributed by atoms with Gasteiger partial charge in [0.15, 0.2) is 0 Å². The molecule has 0 aliphatic carbocycles. The summed E-state index contributed by atoms with van der Waals surface area (Å²) in [7, 11) is 1.97. The fraction of sp³-hybridized carbons (Fsp3) is 0.667. The lowest BCUT2D eigenvalue weighted by Gasteiger charge is -2.02.